The Morgan fingerprint density at radius 2 is 2.20 bits per heavy atom. The first kappa shape index (κ1) is 14.5. The van der Waals surface area contributed by atoms with E-state index in [1.165, 1.54) is 12.3 Å². The van der Waals surface area contributed by atoms with Gasteiger partial charge in [-0.15, -0.1) is 0 Å². The highest BCUT2D eigenvalue weighted by Crippen LogP contribution is 2.15. The van der Waals surface area contributed by atoms with Gasteiger partial charge in [0, 0.05) is 31.5 Å². The summed E-state index contributed by atoms with van der Waals surface area (Å²) in [7, 11) is -1.93. The molecular formula is C12H17N5O2S. The predicted octanol–water partition coefficient (Wildman–Crippen LogP) is 0.438. The number of nitrogens with one attached hydrogen (secondary N) is 1. The van der Waals surface area contributed by atoms with Gasteiger partial charge in [0.1, 0.15) is 0 Å². The number of sulfonamides is 1. The van der Waals surface area contributed by atoms with Crippen LogP contribution >= 0.6 is 0 Å². The quantitative estimate of drug-likeness (QED) is 0.833. The number of hydrogen-bond acceptors (Lipinski definition) is 5. The summed E-state index contributed by atoms with van der Waals surface area (Å²) in [6.45, 7) is 2.13. The van der Waals surface area contributed by atoms with Crippen molar-refractivity contribution in [2.45, 2.75) is 24.9 Å². The van der Waals surface area contributed by atoms with Crippen molar-refractivity contribution in [1.82, 2.24) is 19.5 Å². The third kappa shape index (κ3) is 2.97. The van der Waals surface area contributed by atoms with Crippen molar-refractivity contribution in [2.75, 3.05) is 5.73 Å². The third-order valence-electron chi connectivity index (χ3n) is 2.83. The normalized spacial score (nSPS) is 11.7. The fraction of sp³-hybridized carbons (Fsp3) is 0.333. The molecule has 2 heterocycles. The fourth-order valence-electron chi connectivity index (χ4n) is 1.90. The van der Waals surface area contributed by atoms with E-state index in [0.717, 1.165) is 17.7 Å². The smallest absolute Gasteiger partial charge is 0.260 e. The number of aromatic nitrogens is 3. The molecule has 0 saturated heterocycles. The van der Waals surface area contributed by atoms with Gasteiger partial charge in [-0.05, 0) is 18.6 Å². The van der Waals surface area contributed by atoms with Gasteiger partial charge in [-0.1, -0.05) is 6.92 Å². The molecule has 0 saturated carbocycles. The van der Waals surface area contributed by atoms with Crippen LogP contribution in [-0.4, -0.2) is 23.2 Å². The van der Waals surface area contributed by atoms with Gasteiger partial charge < -0.3 is 5.73 Å². The Morgan fingerprint density at radius 3 is 2.85 bits per heavy atom. The molecule has 0 amide bonds. The van der Waals surface area contributed by atoms with Crippen LogP contribution in [0.2, 0.25) is 0 Å². The summed E-state index contributed by atoms with van der Waals surface area (Å²) in [5.74, 6) is 0. The molecular weight excluding hydrogens is 278 g/mol. The summed E-state index contributed by atoms with van der Waals surface area (Å²) >= 11 is 0. The highest BCUT2D eigenvalue weighted by atomic mass is 32.2. The van der Waals surface area contributed by atoms with E-state index in [9.17, 15) is 8.42 Å². The lowest BCUT2D eigenvalue weighted by atomic mass is 10.2. The second-order valence-electron chi connectivity index (χ2n) is 4.35. The van der Waals surface area contributed by atoms with Gasteiger partial charge in [-0.2, -0.15) is 5.10 Å². The van der Waals surface area contributed by atoms with Gasteiger partial charge in [0.15, 0.2) is 5.03 Å². The number of nitrogens with zero attached hydrogens (tertiary/aromatic N) is 3. The van der Waals surface area contributed by atoms with Gasteiger partial charge in [0.05, 0.1) is 11.4 Å². The zero-order chi connectivity index (χ0) is 14.8. The van der Waals surface area contributed by atoms with Gasteiger partial charge in [0.25, 0.3) is 10.0 Å². The fourth-order valence-corrected chi connectivity index (χ4v) is 2.96. The maximum absolute atomic E-state index is 12.2. The summed E-state index contributed by atoms with van der Waals surface area (Å²) < 4.78 is 28.5. The highest BCUT2D eigenvalue weighted by molar-refractivity contribution is 7.89. The summed E-state index contributed by atoms with van der Waals surface area (Å²) in [5.41, 5.74) is 7.47. The number of hydrogen-bond donors (Lipinski definition) is 2. The predicted molar refractivity (Wildman–Crippen MR) is 75.3 cm³/mol. The molecule has 0 fully saturated rings. The largest absolute Gasteiger partial charge is 0.396 e. The molecule has 2 aromatic heterocycles. The van der Waals surface area contributed by atoms with E-state index in [1.807, 2.05) is 6.92 Å². The molecule has 0 atom stereocenters. The molecule has 2 rings (SSSR count). The number of anilines is 1. The second-order valence-corrected chi connectivity index (χ2v) is 6.03. The van der Waals surface area contributed by atoms with Gasteiger partial charge in [0.2, 0.25) is 0 Å². The third-order valence-corrected chi connectivity index (χ3v) is 4.21. The van der Waals surface area contributed by atoms with Crippen LogP contribution in [-0.2, 0) is 30.0 Å². The van der Waals surface area contributed by atoms with E-state index in [-0.39, 0.29) is 17.3 Å². The Labute approximate surface area is 117 Å². The lowest BCUT2D eigenvalue weighted by Gasteiger charge is -2.07. The van der Waals surface area contributed by atoms with Crippen LogP contribution in [0.25, 0.3) is 0 Å². The molecule has 0 aliphatic rings. The Hall–Kier alpha value is -1.93. The second kappa shape index (κ2) is 5.59. The standard InChI is InChI=1S/C12H17N5O2S/c1-3-11-9(8-17(2)16-11)7-15-20(18,19)12-10(13)5-4-6-14-12/h4-6,8,15H,3,7,13H2,1-2H3. The number of pyridine rings is 1. The molecule has 0 aliphatic carbocycles. The van der Waals surface area contributed by atoms with Crippen LogP contribution in [0, 0.1) is 0 Å². The van der Waals surface area contributed by atoms with E-state index in [4.69, 9.17) is 5.73 Å². The zero-order valence-electron chi connectivity index (χ0n) is 11.4. The summed E-state index contributed by atoms with van der Waals surface area (Å²) in [5, 5.41) is 4.11. The van der Waals surface area contributed by atoms with E-state index in [2.05, 4.69) is 14.8 Å². The van der Waals surface area contributed by atoms with Crippen molar-refractivity contribution < 1.29 is 8.42 Å². The molecule has 0 unspecified atom stereocenters. The molecule has 2 aromatic rings. The number of rotatable bonds is 5. The van der Waals surface area contributed by atoms with E-state index < -0.39 is 10.0 Å². The molecule has 7 nitrogen and oxygen atoms in total. The van der Waals surface area contributed by atoms with Crippen molar-refractivity contribution in [2.24, 2.45) is 7.05 Å². The average molecular weight is 295 g/mol. The van der Waals surface area contributed by atoms with Crippen molar-refractivity contribution in [1.29, 1.82) is 0 Å². The van der Waals surface area contributed by atoms with Crippen LogP contribution in [0.5, 0.6) is 0 Å². The maximum Gasteiger partial charge on any atom is 0.260 e. The Bertz CT molecular complexity index is 708. The monoisotopic (exact) mass is 295 g/mol. The van der Waals surface area contributed by atoms with Crippen LogP contribution in [0.3, 0.4) is 0 Å². The zero-order valence-corrected chi connectivity index (χ0v) is 12.2. The van der Waals surface area contributed by atoms with Crippen molar-refractivity contribution in [3.05, 3.63) is 35.8 Å². The van der Waals surface area contributed by atoms with Crippen molar-refractivity contribution in [3.63, 3.8) is 0 Å². The molecule has 0 aliphatic heterocycles. The van der Waals surface area contributed by atoms with Gasteiger partial charge in [-0.25, -0.2) is 18.1 Å². The Morgan fingerprint density at radius 1 is 1.45 bits per heavy atom. The van der Waals surface area contributed by atoms with E-state index >= 15 is 0 Å². The van der Waals surface area contributed by atoms with Crippen molar-refractivity contribution in [3.8, 4) is 0 Å². The minimum absolute atomic E-state index is 0.127. The number of nitrogen functional groups attached to an aromatic ring is 1. The average Bonchev–Trinajstić information content (AvgIpc) is 2.77. The summed E-state index contributed by atoms with van der Waals surface area (Å²) in [6, 6.07) is 3.09. The summed E-state index contributed by atoms with van der Waals surface area (Å²) in [6.07, 6.45) is 3.93. The molecule has 0 radical (unpaired) electrons. The Kier molecular flexibility index (Phi) is 4.05. The van der Waals surface area contributed by atoms with E-state index in [0.29, 0.717) is 0 Å². The summed E-state index contributed by atoms with van der Waals surface area (Å²) in [4.78, 5) is 3.81. The number of nitrogens with two attached hydrogens (primary N) is 1. The van der Waals surface area contributed by atoms with Crippen molar-refractivity contribution >= 4 is 15.7 Å². The van der Waals surface area contributed by atoms with Gasteiger partial charge >= 0.3 is 0 Å². The minimum atomic E-state index is -3.73. The minimum Gasteiger partial charge on any atom is -0.396 e. The van der Waals surface area contributed by atoms with Crippen LogP contribution < -0.4 is 10.5 Å². The lowest BCUT2D eigenvalue weighted by Crippen LogP contribution is -2.25. The molecule has 0 aromatic carbocycles. The van der Waals surface area contributed by atoms with Crippen LogP contribution in [0.1, 0.15) is 18.2 Å². The van der Waals surface area contributed by atoms with Crippen LogP contribution in [0.15, 0.2) is 29.6 Å². The highest BCUT2D eigenvalue weighted by Gasteiger charge is 2.19. The lowest BCUT2D eigenvalue weighted by molar-refractivity contribution is 0.577. The molecule has 3 N–H and O–H groups in total. The van der Waals surface area contributed by atoms with E-state index in [1.54, 1.807) is 24.0 Å². The molecule has 0 bridgehead atoms. The first-order valence-corrected chi connectivity index (χ1v) is 7.64. The Balaban J connectivity index is 2.20. The number of aryl methyl sites for hydroxylation is 2. The molecule has 108 valence electrons. The maximum atomic E-state index is 12.2. The topological polar surface area (TPSA) is 103 Å². The molecule has 0 spiro atoms. The first-order valence-electron chi connectivity index (χ1n) is 6.15. The van der Waals surface area contributed by atoms with Crippen LogP contribution in [0.4, 0.5) is 5.69 Å². The van der Waals surface area contributed by atoms with Gasteiger partial charge in [-0.3, -0.25) is 4.68 Å². The first-order chi connectivity index (χ1) is 9.44. The molecule has 8 heteroatoms. The SMILES string of the molecule is CCc1nn(C)cc1CNS(=O)(=O)c1ncccc1N. The molecule has 20 heavy (non-hydrogen) atoms.